The van der Waals surface area contributed by atoms with Gasteiger partial charge in [0.2, 0.25) is 0 Å². The molecule has 1 amide bonds. The molecule has 2 unspecified atom stereocenters. The Labute approximate surface area is 107 Å². The van der Waals surface area contributed by atoms with Gasteiger partial charge in [0.15, 0.2) is 0 Å². The van der Waals surface area contributed by atoms with E-state index >= 15 is 0 Å². The number of fused-ring (bicyclic) bond motifs is 2. The van der Waals surface area contributed by atoms with Gasteiger partial charge in [0.25, 0.3) is 0 Å². The molecule has 1 aliphatic carbocycles. The molecule has 5 heteroatoms. The van der Waals surface area contributed by atoms with Gasteiger partial charge in [-0.3, -0.25) is 4.79 Å². The maximum Gasteiger partial charge on any atom is 0.414 e. The molecule has 2 rings (SSSR count). The van der Waals surface area contributed by atoms with E-state index < -0.39 is 0 Å². The third kappa shape index (κ3) is 2.35. The first-order valence-electron chi connectivity index (χ1n) is 6.31. The van der Waals surface area contributed by atoms with Crippen molar-refractivity contribution >= 4 is 12.1 Å². The number of rotatable bonds is 2. The summed E-state index contributed by atoms with van der Waals surface area (Å²) in [4.78, 5) is 25.2. The van der Waals surface area contributed by atoms with Crippen molar-refractivity contribution < 1.29 is 19.1 Å². The van der Waals surface area contributed by atoms with Crippen LogP contribution in [-0.2, 0) is 14.3 Å². The van der Waals surface area contributed by atoms with Crippen molar-refractivity contribution in [1.82, 2.24) is 4.90 Å². The van der Waals surface area contributed by atoms with Crippen LogP contribution in [0.4, 0.5) is 4.79 Å². The predicted octanol–water partition coefficient (Wildman–Crippen LogP) is 1.79. The molecule has 5 nitrogen and oxygen atoms in total. The minimum Gasteiger partial charge on any atom is -0.469 e. The number of carbonyl (C=O) groups is 2. The van der Waals surface area contributed by atoms with Crippen LogP contribution in [0.3, 0.4) is 0 Å². The zero-order valence-corrected chi connectivity index (χ0v) is 10.6. The highest BCUT2D eigenvalue weighted by molar-refractivity contribution is 5.74. The van der Waals surface area contributed by atoms with E-state index in [1.165, 1.54) is 7.11 Å². The Morgan fingerprint density at radius 3 is 2.39 bits per heavy atom. The Bertz CT molecular complexity index is 341. The van der Waals surface area contributed by atoms with Crippen LogP contribution in [0.2, 0.25) is 0 Å². The number of hydrogen-bond donors (Lipinski definition) is 0. The summed E-state index contributed by atoms with van der Waals surface area (Å²) in [6, 6.07) is 0. The molecule has 0 radical (unpaired) electrons. The lowest BCUT2D eigenvalue weighted by molar-refractivity contribution is -0.154. The average Bonchev–Trinajstić information content (AvgIpc) is 2.36. The van der Waals surface area contributed by atoms with Crippen LogP contribution in [-0.4, -0.2) is 37.2 Å². The lowest BCUT2D eigenvalue weighted by Gasteiger charge is -2.45. The predicted molar refractivity (Wildman–Crippen MR) is 64.6 cm³/mol. The molecule has 2 atom stereocenters. The van der Waals surface area contributed by atoms with Crippen LogP contribution in [0.15, 0.2) is 12.8 Å². The number of nitrogens with zero attached hydrogens (tertiary/aromatic N) is 1. The fourth-order valence-corrected chi connectivity index (χ4v) is 3.25. The Morgan fingerprint density at radius 2 is 1.89 bits per heavy atom. The minimum absolute atomic E-state index is 0.0588. The zero-order valence-electron chi connectivity index (χ0n) is 10.6. The molecule has 18 heavy (non-hydrogen) atoms. The summed E-state index contributed by atoms with van der Waals surface area (Å²) < 4.78 is 9.68. The van der Waals surface area contributed by atoms with Gasteiger partial charge in [-0.1, -0.05) is 13.0 Å². The maximum atomic E-state index is 11.8. The fourth-order valence-electron chi connectivity index (χ4n) is 3.25. The second kappa shape index (κ2) is 5.42. The smallest absolute Gasteiger partial charge is 0.414 e. The molecule has 0 aromatic carbocycles. The van der Waals surface area contributed by atoms with Crippen molar-refractivity contribution in [3.05, 3.63) is 12.8 Å². The Hall–Kier alpha value is -1.52. The molecule has 100 valence electrons. The lowest BCUT2D eigenvalue weighted by atomic mass is 9.69. The van der Waals surface area contributed by atoms with Crippen LogP contribution in [0, 0.1) is 17.8 Å². The van der Waals surface area contributed by atoms with Gasteiger partial charge in [-0.05, 0) is 24.7 Å². The molecule has 0 spiro atoms. The number of methoxy groups -OCH3 is 1. The standard InChI is InChI=1S/C13H19NO4/c1-3-18-13(16)14-7-9-5-4-6-10(8-14)11(9)12(15)17-2/h3,9-11H,1,4-8H2,2H3. The van der Waals surface area contributed by atoms with Gasteiger partial charge in [0, 0.05) is 13.1 Å². The van der Waals surface area contributed by atoms with Gasteiger partial charge >= 0.3 is 12.1 Å². The van der Waals surface area contributed by atoms with E-state index in [9.17, 15) is 9.59 Å². The summed E-state index contributed by atoms with van der Waals surface area (Å²) in [5.74, 6) is 0.197. The van der Waals surface area contributed by atoms with Crippen LogP contribution in [0.1, 0.15) is 19.3 Å². The molecule has 1 aliphatic heterocycles. The number of hydrogen-bond acceptors (Lipinski definition) is 4. The van der Waals surface area contributed by atoms with Crippen molar-refractivity contribution in [3.63, 3.8) is 0 Å². The molecular weight excluding hydrogens is 234 g/mol. The molecule has 0 aromatic rings. The van der Waals surface area contributed by atoms with Crippen LogP contribution in [0.25, 0.3) is 0 Å². The van der Waals surface area contributed by atoms with E-state index in [1.54, 1.807) is 4.90 Å². The molecule has 0 aromatic heterocycles. The Balaban J connectivity index is 2.08. The molecule has 2 bridgehead atoms. The zero-order chi connectivity index (χ0) is 13.1. The first-order chi connectivity index (χ1) is 8.67. The number of amides is 1. The highest BCUT2D eigenvalue weighted by Crippen LogP contribution is 2.40. The second-order valence-electron chi connectivity index (χ2n) is 4.96. The van der Waals surface area contributed by atoms with Crippen molar-refractivity contribution in [2.24, 2.45) is 17.8 Å². The number of piperidine rings is 1. The van der Waals surface area contributed by atoms with Gasteiger partial charge in [-0.25, -0.2) is 4.79 Å². The summed E-state index contributed by atoms with van der Waals surface area (Å²) in [5.41, 5.74) is 0. The summed E-state index contributed by atoms with van der Waals surface area (Å²) in [7, 11) is 1.43. The van der Waals surface area contributed by atoms with E-state index in [-0.39, 0.29) is 29.8 Å². The summed E-state index contributed by atoms with van der Waals surface area (Å²) in [6.45, 7) is 4.53. The van der Waals surface area contributed by atoms with Crippen LogP contribution >= 0.6 is 0 Å². The number of ether oxygens (including phenoxy) is 2. The first-order valence-corrected chi connectivity index (χ1v) is 6.31. The highest BCUT2D eigenvalue weighted by atomic mass is 16.5. The Morgan fingerprint density at radius 1 is 1.28 bits per heavy atom. The molecule has 1 saturated carbocycles. The average molecular weight is 253 g/mol. The molecule has 2 fully saturated rings. The van der Waals surface area contributed by atoms with Gasteiger partial charge in [-0.15, -0.1) is 0 Å². The van der Waals surface area contributed by atoms with Gasteiger partial charge in [0.1, 0.15) is 0 Å². The van der Waals surface area contributed by atoms with E-state index in [0.717, 1.165) is 25.5 Å². The molecule has 1 saturated heterocycles. The molecule has 2 aliphatic rings. The lowest BCUT2D eigenvalue weighted by Crippen LogP contribution is -2.53. The van der Waals surface area contributed by atoms with Gasteiger partial charge in [-0.2, -0.15) is 0 Å². The molecule has 0 N–H and O–H groups in total. The third-order valence-corrected chi connectivity index (χ3v) is 3.99. The van der Waals surface area contributed by atoms with E-state index in [2.05, 4.69) is 6.58 Å². The SMILES string of the molecule is C=COC(=O)N1CC2CCCC(C1)C2C(=O)OC. The minimum atomic E-state index is -0.370. The van der Waals surface area contributed by atoms with Crippen molar-refractivity contribution in [3.8, 4) is 0 Å². The fraction of sp³-hybridized carbons (Fsp3) is 0.692. The Kier molecular flexibility index (Phi) is 3.89. The van der Waals surface area contributed by atoms with Crippen LogP contribution < -0.4 is 0 Å². The largest absolute Gasteiger partial charge is 0.469 e. The first kappa shape index (κ1) is 12.9. The van der Waals surface area contributed by atoms with Gasteiger partial charge < -0.3 is 14.4 Å². The highest BCUT2D eigenvalue weighted by Gasteiger charge is 2.45. The van der Waals surface area contributed by atoms with Crippen LogP contribution in [0.5, 0.6) is 0 Å². The monoisotopic (exact) mass is 253 g/mol. The normalized spacial score (nSPS) is 30.5. The third-order valence-electron chi connectivity index (χ3n) is 3.99. The summed E-state index contributed by atoms with van der Waals surface area (Å²) in [6.07, 6.45) is 3.82. The molecular formula is C13H19NO4. The number of carbonyl (C=O) groups excluding carboxylic acids is 2. The van der Waals surface area contributed by atoms with Gasteiger partial charge in [0.05, 0.1) is 19.3 Å². The summed E-state index contributed by atoms with van der Waals surface area (Å²) in [5, 5.41) is 0. The van der Waals surface area contributed by atoms with E-state index in [0.29, 0.717) is 13.1 Å². The number of esters is 1. The van der Waals surface area contributed by atoms with E-state index in [1.807, 2.05) is 0 Å². The molecule has 1 heterocycles. The van der Waals surface area contributed by atoms with Crippen molar-refractivity contribution in [2.45, 2.75) is 19.3 Å². The topological polar surface area (TPSA) is 55.8 Å². The number of likely N-dealkylation sites (tertiary alicyclic amines) is 1. The van der Waals surface area contributed by atoms with Crippen molar-refractivity contribution in [2.75, 3.05) is 20.2 Å². The quantitative estimate of drug-likeness (QED) is 0.556. The maximum absolute atomic E-state index is 11.8. The second-order valence-corrected chi connectivity index (χ2v) is 4.96. The van der Waals surface area contributed by atoms with Crippen molar-refractivity contribution in [1.29, 1.82) is 0 Å². The van der Waals surface area contributed by atoms with E-state index in [4.69, 9.17) is 9.47 Å². The summed E-state index contributed by atoms with van der Waals surface area (Å²) >= 11 is 0.